The van der Waals surface area contributed by atoms with Gasteiger partial charge in [-0.1, -0.05) is 0 Å². The van der Waals surface area contributed by atoms with Gasteiger partial charge in [-0.25, -0.2) is 9.59 Å². The summed E-state index contributed by atoms with van der Waals surface area (Å²) in [7, 11) is 0. The molecule has 1 unspecified atom stereocenters. The van der Waals surface area contributed by atoms with Gasteiger partial charge in [0.25, 0.3) is 0 Å². The molecule has 2 N–H and O–H groups in total. The monoisotopic (exact) mass is 292 g/mol. The van der Waals surface area contributed by atoms with E-state index >= 15 is 0 Å². The van der Waals surface area contributed by atoms with Crippen molar-refractivity contribution in [3.63, 3.8) is 0 Å². The van der Waals surface area contributed by atoms with Gasteiger partial charge in [-0.05, 0) is 51.7 Å². The number of pyridine rings is 1. The second-order valence-corrected chi connectivity index (χ2v) is 6.16. The summed E-state index contributed by atoms with van der Waals surface area (Å²) in [5.41, 5.74) is 1.17. The number of carbonyl (C=O) groups excluding carboxylic acids is 1. The summed E-state index contributed by atoms with van der Waals surface area (Å²) >= 11 is 0. The van der Waals surface area contributed by atoms with Gasteiger partial charge in [0, 0.05) is 11.9 Å². The average molecular weight is 292 g/mol. The third kappa shape index (κ3) is 3.93. The Balaban J connectivity index is 2.19. The number of aryl methyl sites for hydroxylation is 1. The molecule has 0 bridgehead atoms. The van der Waals surface area contributed by atoms with Crippen molar-refractivity contribution >= 4 is 12.1 Å². The van der Waals surface area contributed by atoms with E-state index in [-0.39, 0.29) is 11.6 Å². The third-order valence-corrected chi connectivity index (χ3v) is 3.22. The highest BCUT2D eigenvalue weighted by Gasteiger charge is 2.26. The predicted molar refractivity (Wildman–Crippen MR) is 76.2 cm³/mol. The fourth-order valence-electron chi connectivity index (χ4n) is 2.37. The van der Waals surface area contributed by atoms with E-state index in [9.17, 15) is 9.59 Å². The number of alkyl carbamates (subject to hydrolysis) is 1. The van der Waals surface area contributed by atoms with Crippen LogP contribution in [0.2, 0.25) is 0 Å². The van der Waals surface area contributed by atoms with Crippen molar-refractivity contribution in [3.05, 3.63) is 29.1 Å². The van der Waals surface area contributed by atoms with Gasteiger partial charge in [0.2, 0.25) is 0 Å². The van der Waals surface area contributed by atoms with Gasteiger partial charge in [-0.15, -0.1) is 0 Å². The van der Waals surface area contributed by atoms with E-state index in [1.54, 1.807) is 26.8 Å². The number of nitrogens with one attached hydrogen (secondary N) is 1. The summed E-state index contributed by atoms with van der Waals surface area (Å²) in [5, 5.41) is 11.9. The van der Waals surface area contributed by atoms with E-state index in [1.807, 2.05) is 0 Å². The first-order valence-electron chi connectivity index (χ1n) is 6.98. The van der Waals surface area contributed by atoms with Crippen LogP contribution in [0.1, 0.15) is 61.3 Å². The molecular formula is C15H20N2O4. The van der Waals surface area contributed by atoms with Crippen molar-refractivity contribution in [2.75, 3.05) is 0 Å². The second-order valence-electron chi connectivity index (χ2n) is 6.16. The molecule has 6 nitrogen and oxygen atoms in total. The Hall–Kier alpha value is -2.11. The summed E-state index contributed by atoms with van der Waals surface area (Å²) in [6, 6.07) is 1.33. The van der Waals surface area contributed by atoms with Gasteiger partial charge in [-0.2, -0.15) is 0 Å². The SMILES string of the molecule is CC(C)(C)OC(=O)NC1CCCc2ncc(C(=O)O)cc21. The van der Waals surface area contributed by atoms with Crippen LogP contribution in [0.25, 0.3) is 0 Å². The minimum Gasteiger partial charge on any atom is -0.478 e. The average Bonchev–Trinajstić information content (AvgIpc) is 2.36. The molecular weight excluding hydrogens is 272 g/mol. The second kappa shape index (κ2) is 5.71. The number of fused-ring (bicyclic) bond motifs is 1. The van der Waals surface area contributed by atoms with E-state index in [4.69, 9.17) is 9.84 Å². The molecule has 0 radical (unpaired) electrons. The quantitative estimate of drug-likeness (QED) is 0.874. The molecule has 1 aromatic rings. The highest BCUT2D eigenvalue weighted by molar-refractivity contribution is 5.87. The van der Waals surface area contributed by atoms with Gasteiger partial charge < -0.3 is 15.2 Å². The summed E-state index contributed by atoms with van der Waals surface area (Å²) in [5.74, 6) is -1.02. The Bertz CT molecular complexity index is 563. The lowest BCUT2D eigenvalue weighted by Crippen LogP contribution is -2.36. The van der Waals surface area contributed by atoms with E-state index < -0.39 is 17.7 Å². The normalized spacial score (nSPS) is 17.8. The largest absolute Gasteiger partial charge is 0.478 e. The van der Waals surface area contributed by atoms with Crippen LogP contribution in [0.15, 0.2) is 12.3 Å². The fourth-order valence-corrected chi connectivity index (χ4v) is 2.37. The zero-order chi connectivity index (χ0) is 15.6. The molecule has 0 spiro atoms. The number of carboxylic acids is 1. The van der Waals surface area contributed by atoms with Gasteiger partial charge in [-0.3, -0.25) is 4.98 Å². The first kappa shape index (κ1) is 15.3. The number of amides is 1. The minimum absolute atomic E-state index is 0.131. The Labute approximate surface area is 123 Å². The maximum absolute atomic E-state index is 11.9. The molecule has 1 aliphatic carbocycles. The molecule has 1 amide bonds. The lowest BCUT2D eigenvalue weighted by Gasteiger charge is -2.27. The Morgan fingerprint density at radius 2 is 2.14 bits per heavy atom. The molecule has 114 valence electrons. The number of carboxylic acid groups (broad SMARTS) is 1. The number of aromatic nitrogens is 1. The van der Waals surface area contributed by atoms with Crippen molar-refractivity contribution < 1.29 is 19.4 Å². The first-order chi connectivity index (χ1) is 9.76. The molecule has 1 atom stereocenters. The van der Waals surface area contributed by atoms with Crippen LogP contribution in [0.4, 0.5) is 4.79 Å². The standard InChI is InChI=1S/C15H20N2O4/c1-15(2,3)21-14(20)17-12-6-4-5-11-10(12)7-9(8-16-11)13(18)19/h7-8,12H,4-6H2,1-3H3,(H,17,20)(H,18,19). The van der Waals surface area contributed by atoms with Crippen LogP contribution in [-0.4, -0.2) is 27.8 Å². The Kier molecular flexibility index (Phi) is 4.16. The molecule has 1 aromatic heterocycles. The van der Waals surface area contributed by atoms with Crippen molar-refractivity contribution in [1.82, 2.24) is 10.3 Å². The molecule has 1 aliphatic rings. The molecule has 0 saturated carbocycles. The number of aromatic carboxylic acids is 1. The summed E-state index contributed by atoms with van der Waals surface area (Å²) in [4.78, 5) is 27.1. The molecule has 0 aromatic carbocycles. The number of hydrogen-bond acceptors (Lipinski definition) is 4. The van der Waals surface area contributed by atoms with Gasteiger partial charge in [0.15, 0.2) is 0 Å². The van der Waals surface area contributed by atoms with Crippen LogP contribution in [0.5, 0.6) is 0 Å². The topological polar surface area (TPSA) is 88.5 Å². The predicted octanol–water partition coefficient (Wildman–Crippen LogP) is 2.68. The number of carbonyl (C=O) groups is 2. The van der Waals surface area contributed by atoms with Crippen LogP contribution >= 0.6 is 0 Å². The first-order valence-corrected chi connectivity index (χ1v) is 6.98. The summed E-state index contributed by atoms with van der Waals surface area (Å²) in [6.45, 7) is 5.39. The van der Waals surface area contributed by atoms with Gasteiger partial charge in [0.1, 0.15) is 5.60 Å². The van der Waals surface area contributed by atoms with E-state index in [1.165, 1.54) is 6.20 Å². The molecule has 0 saturated heterocycles. The Morgan fingerprint density at radius 1 is 1.43 bits per heavy atom. The number of nitrogens with zero attached hydrogens (tertiary/aromatic N) is 1. The minimum atomic E-state index is -1.02. The van der Waals surface area contributed by atoms with Crippen molar-refractivity contribution in [1.29, 1.82) is 0 Å². The third-order valence-electron chi connectivity index (χ3n) is 3.22. The van der Waals surface area contributed by atoms with Gasteiger partial charge >= 0.3 is 12.1 Å². The molecule has 1 heterocycles. The zero-order valence-electron chi connectivity index (χ0n) is 12.5. The van der Waals surface area contributed by atoms with Crippen LogP contribution < -0.4 is 5.32 Å². The molecule has 21 heavy (non-hydrogen) atoms. The summed E-state index contributed by atoms with van der Waals surface area (Å²) < 4.78 is 5.25. The number of hydrogen-bond donors (Lipinski definition) is 2. The Morgan fingerprint density at radius 3 is 2.76 bits per heavy atom. The summed E-state index contributed by atoms with van der Waals surface area (Å²) in [6.07, 6.45) is 3.30. The van der Waals surface area contributed by atoms with Crippen molar-refractivity contribution in [2.24, 2.45) is 0 Å². The van der Waals surface area contributed by atoms with E-state index in [2.05, 4.69) is 10.3 Å². The van der Waals surface area contributed by atoms with Crippen LogP contribution in [0, 0.1) is 0 Å². The van der Waals surface area contributed by atoms with Crippen LogP contribution in [-0.2, 0) is 11.2 Å². The molecule has 0 aliphatic heterocycles. The van der Waals surface area contributed by atoms with E-state index in [0.717, 1.165) is 30.5 Å². The lowest BCUT2D eigenvalue weighted by molar-refractivity contribution is 0.0498. The van der Waals surface area contributed by atoms with E-state index in [0.29, 0.717) is 0 Å². The lowest BCUT2D eigenvalue weighted by atomic mass is 9.90. The highest BCUT2D eigenvalue weighted by atomic mass is 16.6. The van der Waals surface area contributed by atoms with Gasteiger partial charge in [0.05, 0.1) is 11.6 Å². The van der Waals surface area contributed by atoms with Crippen molar-refractivity contribution in [3.8, 4) is 0 Å². The maximum Gasteiger partial charge on any atom is 0.408 e. The zero-order valence-corrected chi connectivity index (χ0v) is 12.5. The molecule has 0 fully saturated rings. The number of ether oxygens (including phenoxy) is 1. The van der Waals surface area contributed by atoms with Crippen LogP contribution in [0.3, 0.4) is 0 Å². The fraction of sp³-hybridized carbons (Fsp3) is 0.533. The van der Waals surface area contributed by atoms with Crippen molar-refractivity contribution in [2.45, 2.75) is 51.7 Å². The molecule has 2 rings (SSSR count). The number of rotatable bonds is 2. The molecule has 6 heteroatoms. The highest BCUT2D eigenvalue weighted by Crippen LogP contribution is 2.29. The smallest absolute Gasteiger partial charge is 0.408 e. The maximum atomic E-state index is 11.9.